The molecule has 0 spiro atoms. The number of hydrogen-bond donors (Lipinski definition) is 1. The van der Waals surface area contributed by atoms with Gasteiger partial charge in [0, 0.05) is 12.2 Å². The molecule has 1 aromatic heterocycles. The monoisotopic (exact) mass is 237 g/mol. The van der Waals surface area contributed by atoms with Gasteiger partial charge in [0.05, 0.1) is 17.7 Å². The number of Topliss-reactive ketones (excluding diaryl/α,β-unsaturated/α-hetero) is 1. The van der Waals surface area contributed by atoms with Gasteiger partial charge < -0.3 is 5.73 Å². The lowest BCUT2D eigenvalue weighted by molar-refractivity contribution is -0.123. The van der Waals surface area contributed by atoms with Crippen LogP contribution in [0.2, 0.25) is 0 Å². The number of ketones is 1. The first-order chi connectivity index (χ1) is 7.94. The molecular formula is C13H23N3O. The van der Waals surface area contributed by atoms with E-state index in [4.69, 9.17) is 5.73 Å². The largest absolute Gasteiger partial charge is 0.319 e. The zero-order valence-corrected chi connectivity index (χ0v) is 11.3. The van der Waals surface area contributed by atoms with E-state index in [0.717, 1.165) is 24.4 Å². The van der Waals surface area contributed by atoms with E-state index in [1.54, 1.807) is 6.92 Å². The number of carbonyl (C=O) groups excluding carboxylic acids is 1. The zero-order chi connectivity index (χ0) is 13.1. The lowest BCUT2D eigenvalue weighted by Crippen LogP contribution is -2.45. The molecule has 4 nitrogen and oxygen atoms in total. The number of aromatic nitrogens is 2. The first-order valence-electron chi connectivity index (χ1n) is 6.32. The van der Waals surface area contributed by atoms with Gasteiger partial charge in [-0.1, -0.05) is 13.8 Å². The van der Waals surface area contributed by atoms with Crippen molar-refractivity contribution >= 4 is 5.78 Å². The first kappa shape index (κ1) is 13.9. The second-order valence-corrected chi connectivity index (χ2v) is 4.67. The van der Waals surface area contributed by atoms with E-state index in [2.05, 4.69) is 12.0 Å². The Morgan fingerprint density at radius 3 is 2.59 bits per heavy atom. The third-order valence-corrected chi connectivity index (χ3v) is 3.29. The van der Waals surface area contributed by atoms with Gasteiger partial charge in [0.25, 0.3) is 0 Å². The molecule has 0 saturated heterocycles. The highest BCUT2D eigenvalue weighted by atomic mass is 16.1. The predicted molar refractivity (Wildman–Crippen MR) is 68.9 cm³/mol. The molecule has 0 amide bonds. The van der Waals surface area contributed by atoms with Crippen molar-refractivity contribution in [2.45, 2.75) is 59.0 Å². The fourth-order valence-corrected chi connectivity index (χ4v) is 1.67. The second kappa shape index (κ2) is 5.45. The van der Waals surface area contributed by atoms with Crippen molar-refractivity contribution in [3.63, 3.8) is 0 Å². The van der Waals surface area contributed by atoms with Crippen LogP contribution in [0.5, 0.6) is 0 Å². The maximum atomic E-state index is 12.1. The van der Waals surface area contributed by atoms with Crippen LogP contribution in [0.4, 0.5) is 0 Å². The summed E-state index contributed by atoms with van der Waals surface area (Å²) in [7, 11) is 0. The number of nitrogens with zero attached hydrogens (tertiary/aromatic N) is 2. The number of aryl methyl sites for hydroxylation is 2. The number of rotatable bonds is 6. The molecule has 0 aliphatic heterocycles. The van der Waals surface area contributed by atoms with Gasteiger partial charge in [0.1, 0.15) is 0 Å². The second-order valence-electron chi connectivity index (χ2n) is 4.67. The van der Waals surface area contributed by atoms with Crippen molar-refractivity contribution in [1.29, 1.82) is 0 Å². The fourth-order valence-electron chi connectivity index (χ4n) is 1.67. The molecule has 17 heavy (non-hydrogen) atoms. The highest BCUT2D eigenvalue weighted by Crippen LogP contribution is 2.13. The Labute approximate surface area is 103 Å². The SMILES string of the molecule is CCc1cc(CC(=O)C(C)(N)CC)n(CC)n1. The number of hydrogen-bond acceptors (Lipinski definition) is 3. The summed E-state index contributed by atoms with van der Waals surface area (Å²) in [5.41, 5.74) is 7.24. The molecule has 1 heterocycles. The third kappa shape index (κ3) is 3.16. The average Bonchev–Trinajstić information content (AvgIpc) is 2.71. The number of nitrogens with two attached hydrogens (primary N) is 1. The van der Waals surface area contributed by atoms with Gasteiger partial charge in [-0.15, -0.1) is 0 Å². The van der Waals surface area contributed by atoms with Crippen molar-refractivity contribution in [3.8, 4) is 0 Å². The van der Waals surface area contributed by atoms with E-state index >= 15 is 0 Å². The Morgan fingerprint density at radius 1 is 1.47 bits per heavy atom. The minimum absolute atomic E-state index is 0.0808. The summed E-state index contributed by atoms with van der Waals surface area (Å²) in [4.78, 5) is 12.1. The first-order valence-corrected chi connectivity index (χ1v) is 6.32. The Bertz CT molecular complexity index is 393. The summed E-state index contributed by atoms with van der Waals surface area (Å²) in [6, 6.07) is 2.01. The molecule has 0 aliphatic carbocycles. The van der Waals surface area contributed by atoms with Crippen LogP contribution < -0.4 is 5.73 Å². The van der Waals surface area contributed by atoms with E-state index in [0.29, 0.717) is 12.8 Å². The Morgan fingerprint density at radius 2 is 2.12 bits per heavy atom. The molecule has 0 radical (unpaired) electrons. The topological polar surface area (TPSA) is 60.9 Å². The molecule has 1 unspecified atom stereocenters. The van der Waals surface area contributed by atoms with E-state index in [9.17, 15) is 4.79 Å². The van der Waals surface area contributed by atoms with Crippen LogP contribution >= 0.6 is 0 Å². The van der Waals surface area contributed by atoms with Gasteiger partial charge in [0.15, 0.2) is 5.78 Å². The van der Waals surface area contributed by atoms with Gasteiger partial charge in [-0.05, 0) is 32.8 Å². The van der Waals surface area contributed by atoms with Gasteiger partial charge in [-0.2, -0.15) is 5.10 Å². The molecule has 96 valence electrons. The standard InChI is InChI=1S/C13H23N3O/c1-5-10-8-11(16(7-3)15-10)9-12(17)13(4,14)6-2/h8H,5-7,9,14H2,1-4H3. The highest BCUT2D eigenvalue weighted by molar-refractivity contribution is 5.89. The minimum atomic E-state index is -0.727. The molecule has 4 heteroatoms. The van der Waals surface area contributed by atoms with Crippen LogP contribution in [0.25, 0.3) is 0 Å². The lowest BCUT2D eigenvalue weighted by Gasteiger charge is -2.20. The van der Waals surface area contributed by atoms with Crippen molar-refractivity contribution in [3.05, 3.63) is 17.5 Å². The molecule has 1 aromatic rings. The highest BCUT2D eigenvalue weighted by Gasteiger charge is 2.26. The summed E-state index contributed by atoms with van der Waals surface area (Å²) in [6.45, 7) is 8.61. The van der Waals surface area contributed by atoms with Crippen molar-refractivity contribution in [2.75, 3.05) is 0 Å². The fraction of sp³-hybridized carbons (Fsp3) is 0.692. The van der Waals surface area contributed by atoms with Gasteiger partial charge in [-0.25, -0.2) is 0 Å². The normalized spacial score (nSPS) is 14.6. The zero-order valence-electron chi connectivity index (χ0n) is 11.3. The Hall–Kier alpha value is -1.16. The summed E-state index contributed by atoms with van der Waals surface area (Å²) < 4.78 is 1.89. The molecule has 1 rings (SSSR count). The van der Waals surface area contributed by atoms with Gasteiger partial charge >= 0.3 is 0 Å². The van der Waals surface area contributed by atoms with E-state index in [1.807, 2.05) is 24.6 Å². The minimum Gasteiger partial charge on any atom is -0.319 e. The molecule has 0 aliphatic rings. The van der Waals surface area contributed by atoms with Crippen LogP contribution in [0, 0.1) is 0 Å². The smallest absolute Gasteiger partial charge is 0.158 e. The van der Waals surface area contributed by atoms with Gasteiger partial charge in [-0.3, -0.25) is 9.48 Å². The molecule has 1 atom stereocenters. The van der Waals surface area contributed by atoms with E-state index in [1.165, 1.54) is 0 Å². The molecule has 0 bridgehead atoms. The van der Waals surface area contributed by atoms with E-state index < -0.39 is 5.54 Å². The van der Waals surface area contributed by atoms with E-state index in [-0.39, 0.29) is 5.78 Å². The quantitative estimate of drug-likeness (QED) is 0.819. The van der Waals surface area contributed by atoms with Gasteiger partial charge in [0.2, 0.25) is 0 Å². The van der Waals surface area contributed by atoms with Crippen molar-refractivity contribution in [1.82, 2.24) is 9.78 Å². The summed E-state index contributed by atoms with van der Waals surface area (Å²) >= 11 is 0. The van der Waals surface area contributed by atoms with Crippen LogP contribution in [0.1, 0.15) is 45.5 Å². The van der Waals surface area contributed by atoms with Crippen LogP contribution in [-0.2, 0) is 24.2 Å². The Kier molecular flexibility index (Phi) is 4.46. The molecule has 2 N–H and O–H groups in total. The molecule has 0 fully saturated rings. The third-order valence-electron chi connectivity index (χ3n) is 3.29. The summed E-state index contributed by atoms with van der Waals surface area (Å²) in [5.74, 6) is 0.0808. The predicted octanol–water partition coefficient (Wildman–Crippen LogP) is 1.70. The Balaban J connectivity index is 2.87. The van der Waals surface area contributed by atoms with Crippen molar-refractivity contribution in [2.24, 2.45) is 5.73 Å². The lowest BCUT2D eigenvalue weighted by atomic mass is 9.91. The number of carbonyl (C=O) groups is 1. The summed E-state index contributed by atoms with van der Waals surface area (Å²) in [6.07, 6.45) is 1.93. The molecular weight excluding hydrogens is 214 g/mol. The average molecular weight is 237 g/mol. The molecule has 0 saturated carbocycles. The van der Waals surface area contributed by atoms with Crippen LogP contribution in [0.15, 0.2) is 6.07 Å². The van der Waals surface area contributed by atoms with Crippen LogP contribution in [-0.4, -0.2) is 21.1 Å². The van der Waals surface area contributed by atoms with Crippen molar-refractivity contribution < 1.29 is 4.79 Å². The maximum Gasteiger partial charge on any atom is 0.158 e. The molecule has 0 aromatic carbocycles. The summed E-state index contributed by atoms with van der Waals surface area (Å²) in [5, 5.41) is 4.43. The van der Waals surface area contributed by atoms with Crippen LogP contribution in [0.3, 0.4) is 0 Å². The maximum absolute atomic E-state index is 12.1.